The Morgan fingerprint density at radius 1 is 1.38 bits per heavy atom. The number of hydrogen-bond acceptors (Lipinski definition) is 4. The van der Waals surface area contributed by atoms with Crippen LogP contribution >= 0.6 is 0 Å². The zero-order valence-corrected chi connectivity index (χ0v) is 9.57. The molecule has 1 rings (SSSR count). The van der Waals surface area contributed by atoms with Crippen molar-refractivity contribution in [3.63, 3.8) is 0 Å². The van der Waals surface area contributed by atoms with Gasteiger partial charge in [0, 0.05) is 27.1 Å². The molecule has 0 saturated carbocycles. The summed E-state index contributed by atoms with van der Waals surface area (Å²) in [5.74, 6) is 5.78. The van der Waals surface area contributed by atoms with E-state index in [0.717, 1.165) is 9.25 Å². The van der Waals surface area contributed by atoms with Crippen molar-refractivity contribution in [1.82, 2.24) is 14.3 Å². The fourth-order valence-electron chi connectivity index (χ4n) is 1.18. The average Bonchev–Trinajstić information content (AvgIpc) is 2.28. The zero-order chi connectivity index (χ0) is 12.1. The molecule has 0 fully saturated rings. The fourth-order valence-corrected chi connectivity index (χ4v) is 1.18. The molecule has 0 amide bonds. The lowest BCUT2D eigenvalue weighted by Gasteiger charge is -2.06. The van der Waals surface area contributed by atoms with Crippen molar-refractivity contribution in [1.29, 1.82) is 0 Å². The molecule has 1 N–H and O–H groups in total. The molecule has 1 aromatic heterocycles. The SMILES string of the molecule is CC#CCCNc1nn(C)c(=O)n(C)c1=O. The summed E-state index contributed by atoms with van der Waals surface area (Å²) >= 11 is 0. The second-order valence-electron chi connectivity index (χ2n) is 3.22. The lowest BCUT2D eigenvalue weighted by atomic mass is 10.4. The highest BCUT2D eigenvalue weighted by molar-refractivity contribution is 5.29. The van der Waals surface area contributed by atoms with Crippen LogP contribution in [0.1, 0.15) is 13.3 Å². The third kappa shape index (κ3) is 2.51. The molecule has 16 heavy (non-hydrogen) atoms. The number of nitrogens with one attached hydrogen (secondary N) is 1. The van der Waals surface area contributed by atoms with E-state index in [1.54, 1.807) is 6.92 Å². The van der Waals surface area contributed by atoms with Crippen LogP contribution in [0, 0.1) is 11.8 Å². The number of aryl methyl sites for hydroxylation is 1. The second-order valence-corrected chi connectivity index (χ2v) is 3.22. The minimum absolute atomic E-state index is 0.169. The fraction of sp³-hybridized carbons (Fsp3) is 0.500. The Hall–Kier alpha value is -2.03. The minimum atomic E-state index is -0.441. The van der Waals surface area contributed by atoms with Gasteiger partial charge in [0.05, 0.1) is 0 Å². The summed E-state index contributed by atoms with van der Waals surface area (Å²) in [4.78, 5) is 22.9. The van der Waals surface area contributed by atoms with Crippen molar-refractivity contribution in [2.75, 3.05) is 11.9 Å². The first-order chi connectivity index (χ1) is 7.57. The number of nitrogens with zero attached hydrogens (tertiary/aromatic N) is 3. The van der Waals surface area contributed by atoms with E-state index in [9.17, 15) is 9.59 Å². The number of hydrogen-bond donors (Lipinski definition) is 1. The van der Waals surface area contributed by atoms with Crippen LogP contribution in [0.3, 0.4) is 0 Å². The van der Waals surface area contributed by atoms with Gasteiger partial charge in [-0.3, -0.25) is 9.36 Å². The van der Waals surface area contributed by atoms with Crippen LogP contribution < -0.4 is 16.6 Å². The van der Waals surface area contributed by atoms with E-state index in [1.807, 2.05) is 0 Å². The van der Waals surface area contributed by atoms with Crippen LogP contribution in [0.25, 0.3) is 0 Å². The van der Waals surface area contributed by atoms with E-state index < -0.39 is 11.2 Å². The average molecular weight is 222 g/mol. The highest BCUT2D eigenvalue weighted by Gasteiger charge is 2.06. The third-order valence-corrected chi connectivity index (χ3v) is 2.04. The van der Waals surface area contributed by atoms with Crippen LogP contribution in [-0.2, 0) is 14.1 Å². The van der Waals surface area contributed by atoms with E-state index in [2.05, 4.69) is 22.3 Å². The summed E-state index contributed by atoms with van der Waals surface area (Å²) in [5, 5.41) is 6.69. The van der Waals surface area contributed by atoms with Crippen molar-refractivity contribution < 1.29 is 0 Å². The molecule has 0 radical (unpaired) electrons. The predicted molar refractivity (Wildman–Crippen MR) is 61.3 cm³/mol. The Bertz CT molecular complexity index is 545. The standard InChI is InChI=1S/C10H14N4O2/c1-4-5-6-7-11-8-9(15)13(2)10(16)14(3)12-8/h6-7H2,1-3H3,(H,11,12). The first-order valence-electron chi connectivity index (χ1n) is 4.85. The highest BCUT2D eigenvalue weighted by atomic mass is 16.2. The van der Waals surface area contributed by atoms with Gasteiger partial charge in [0.15, 0.2) is 0 Å². The molecular weight excluding hydrogens is 208 g/mol. The molecule has 0 bridgehead atoms. The number of aromatic nitrogens is 3. The van der Waals surface area contributed by atoms with E-state index in [4.69, 9.17) is 0 Å². The van der Waals surface area contributed by atoms with Gasteiger partial charge in [-0.25, -0.2) is 9.48 Å². The molecule has 0 spiro atoms. The molecule has 0 aliphatic rings. The molecule has 0 aliphatic heterocycles. The second kappa shape index (κ2) is 5.16. The Kier molecular flexibility index (Phi) is 3.89. The maximum atomic E-state index is 11.6. The Labute approximate surface area is 92.9 Å². The largest absolute Gasteiger partial charge is 0.363 e. The number of anilines is 1. The Morgan fingerprint density at radius 3 is 2.69 bits per heavy atom. The quantitative estimate of drug-likeness (QED) is 0.542. The van der Waals surface area contributed by atoms with Crippen molar-refractivity contribution in [3.05, 3.63) is 20.8 Å². The van der Waals surface area contributed by atoms with Crippen LogP contribution in [0.2, 0.25) is 0 Å². The van der Waals surface area contributed by atoms with E-state index >= 15 is 0 Å². The smallest absolute Gasteiger partial charge is 0.346 e. The Morgan fingerprint density at radius 2 is 2.06 bits per heavy atom. The predicted octanol–water partition coefficient (Wildman–Crippen LogP) is -0.696. The maximum absolute atomic E-state index is 11.6. The first kappa shape index (κ1) is 12.0. The molecular formula is C10H14N4O2. The summed E-state index contributed by atoms with van der Waals surface area (Å²) in [6, 6.07) is 0. The molecule has 0 atom stereocenters. The summed E-state index contributed by atoms with van der Waals surface area (Å²) in [6.07, 6.45) is 0.629. The van der Waals surface area contributed by atoms with Gasteiger partial charge in [-0.15, -0.1) is 16.9 Å². The van der Waals surface area contributed by atoms with Gasteiger partial charge in [-0.05, 0) is 6.92 Å². The van der Waals surface area contributed by atoms with Crippen LogP contribution in [0.15, 0.2) is 9.59 Å². The monoisotopic (exact) mass is 222 g/mol. The van der Waals surface area contributed by atoms with Crippen LogP contribution in [0.5, 0.6) is 0 Å². The lowest BCUT2D eigenvalue weighted by Crippen LogP contribution is -2.40. The van der Waals surface area contributed by atoms with Crippen molar-refractivity contribution in [2.24, 2.45) is 14.1 Å². The zero-order valence-electron chi connectivity index (χ0n) is 9.57. The van der Waals surface area contributed by atoms with Crippen molar-refractivity contribution in [2.45, 2.75) is 13.3 Å². The molecule has 0 unspecified atom stereocenters. The number of rotatable bonds is 3. The van der Waals surface area contributed by atoms with Gasteiger partial charge < -0.3 is 5.32 Å². The van der Waals surface area contributed by atoms with Gasteiger partial charge in [0.1, 0.15) is 0 Å². The lowest BCUT2D eigenvalue weighted by molar-refractivity contribution is 0.604. The molecule has 6 nitrogen and oxygen atoms in total. The van der Waals surface area contributed by atoms with Gasteiger partial charge in [0.25, 0.3) is 5.56 Å². The first-order valence-corrected chi connectivity index (χ1v) is 4.85. The maximum Gasteiger partial charge on any atom is 0.346 e. The summed E-state index contributed by atoms with van der Waals surface area (Å²) in [7, 11) is 2.92. The van der Waals surface area contributed by atoms with Crippen LogP contribution in [0.4, 0.5) is 5.82 Å². The molecule has 1 aromatic rings. The normalized spacial score (nSPS) is 9.44. The summed E-state index contributed by atoms with van der Waals surface area (Å²) in [5.41, 5.74) is -0.864. The molecule has 0 saturated heterocycles. The molecule has 0 aromatic carbocycles. The molecule has 0 aliphatic carbocycles. The molecule has 1 heterocycles. The van der Waals surface area contributed by atoms with Gasteiger partial charge in [-0.2, -0.15) is 0 Å². The van der Waals surface area contributed by atoms with Gasteiger partial charge in [-0.1, -0.05) is 0 Å². The van der Waals surface area contributed by atoms with Crippen molar-refractivity contribution >= 4 is 5.82 Å². The Balaban J connectivity index is 2.92. The van der Waals surface area contributed by atoms with Gasteiger partial charge in [0.2, 0.25) is 5.82 Å². The molecule has 86 valence electrons. The highest BCUT2D eigenvalue weighted by Crippen LogP contribution is 1.89. The van der Waals surface area contributed by atoms with E-state index in [0.29, 0.717) is 13.0 Å². The summed E-state index contributed by atoms with van der Waals surface area (Å²) < 4.78 is 2.13. The van der Waals surface area contributed by atoms with E-state index in [1.165, 1.54) is 14.1 Å². The molecule has 6 heteroatoms. The minimum Gasteiger partial charge on any atom is -0.363 e. The summed E-state index contributed by atoms with van der Waals surface area (Å²) in [6.45, 7) is 2.28. The third-order valence-electron chi connectivity index (χ3n) is 2.04. The van der Waals surface area contributed by atoms with Crippen molar-refractivity contribution in [3.8, 4) is 11.8 Å². The topological polar surface area (TPSA) is 68.9 Å². The van der Waals surface area contributed by atoms with E-state index in [-0.39, 0.29) is 5.82 Å². The van der Waals surface area contributed by atoms with Crippen LogP contribution in [-0.4, -0.2) is 20.9 Å². The van der Waals surface area contributed by atoms with Gasteiger partial charge >= 0.3 is 5.69 Å².